The van der Waals surface area contributed by atoms with Gasteiger partial charge in [-0.3, -0.25) is 10.1 Å². The van der Waals surface area contributed by atoms with Gasteiger partial charge < -0.3 is 9.94 Å². The lowest BCUT2D eigenvalue weighted by Crippen LogP contribution is -2.03. The largest absolute Gasteiger partial charge is 0.465 e. The van der Waals surface area contributed by atoms with Crippen LogP contribution in [-0.2, 0) is 4.74 Å². The van der Waals surface area contributed by atoms with E-state index in [1.165, 1.54) is 19.2 Å². The number of hydrogen-bond donors (Lipinski definition) is 1. The van der Waals surface area contributed by atoms with Crippen LogP contribution in [0.1, 0.15) is 15.9 Å². The number of esters is 1. The van der Waals surface area contributed by atoms with E-state index in [9.17, 15) is 14.9 Å². The highest BCUT2D eigenvalue weighted by Gasteiger charge is 2.16. The van der Waals surface area contributed by atoms with Crippen molar-refractivity contribution >= 4 is 17.9 Å². The molecule has 1 N–H and O–H groups in total. The minimum Gasteiger partial charge on any atom is -0.465 e. The molecule has 0 heterocycles. The SMILES string of the molecule is COC(=O)c1ccc(/C=N\O)c([N+](=O)[O-])c1. The summed E-state index contributed by atoms with van der Waals surface area (Å²) in [4.78, 5) is 21.1. The summed E-state index contributed by atoms with van der Waals surface area (Å²) < 4.78 is 4.43. The molecule has 0 radical (unpaired) electrons. The van der Waals surface area contributed by atoms with E-state index in [-0.39, 0.29) is 16.8 Å². The molecule has 0 spiro atoms. The molecule has 0 atom stereocenters. The maximum atomic E-state index is 11.1. The molecule has 0 bridgehead atoms. The highest BCUT2D eigenvalue weighted by molar-refractivity contribution is 5.93. The minimum absolute atomic E-state index is 0.0595. The Balaban J connectivity index is 3.27. The number of nitrogens with zero attached hydrogens (tertiary/aromatic N) is 2. The zero-order valence-corrected chi connectivity index (χ0v) is 8.28. The van der Waals surface area contributed by atoms with Crippen LogP contribution in [0.5, 0.6) is 0 Å². The van der Waals surface area contributed by atoms with Gasteiger partial charge in [-0.25, -0.2) is 4.79 Å². The van der Waals surface area contributed by atoms with Crippen LogP contribution in [0.3, 0.4) is 0 Å². The Kier molecular flexibility index (Phi) is 3.54. The lowest BCUT2D eigenvalue weighted by Gasteiger charge is -2.00. The number of oxime groups is 1. The van der Waals surface area contributed by atoms with Crippen LogP contribution in [0.2, 0.25) is 0 Å². The van der Waals surface area contributed by atoms with Crippen LogP contribution in [0.4, 0.5) is 5.69 Å². The van der Waals surface area contributed by atoms with Crippen LogP contribution < -0.4 is 0 Å². The Labute approximate surface area is 90.1 Å². The first-order valence-corrected chi connectivity index (χ1v) is 4.14. The third-order valence-corrected chi connectivity index (χ3v) is 1.85. The molecule has 0 amide bonds. The molecule has 84 valence electrons. The van der Waals surface area contributed by atoms with Crippen molar-refractivity contribution in [2.24, 2.45) is 5.16 Å². The maximum absolute atomic E-state index is 11.1. The van der Waals surface area contributed by atoms with Gasteiger partial charge in [-0.2, -0.15) is 0 Å². The van der Waals surface area contributed by atoms with Crippen molar-refractivity contribution in [1.29, 1.82) is 0 Å². The van der Waals surface area contributed by atoms with E-state index in [0.29, 0.717) is 0 Å². The van der Waals surface area contributed by atoms with Crippen molar-refractivity contribution in [1.82, 2.24) is 0 Å². The summed E-state index contributed by atoms with van der Waals surface area (Å²) in [6, 6.07) is 3.70. The summed E-state index contributed by atoms with van der Waals surface area (Å²) in [6.45, 7) is 0. The van der Waals surface area contributed by atoms with Crippen molar-refractivity contribution in [3.63, 3.8) is 0 Å². The van der Waals surface area contributed by atoms with Crippen LogP contribution in [0, 0.1) is 10.1 Å². The fourth-order valence-electron chi connectivity index (χ4n) is 1.12. The molecule has 7 heteroatoms. The molecular weight excluding hydrogens is 216 g/mol. The summed E-state index contributed by atoms with van der Waals surface area (Å²) in [5.74, 6) is -0.671. The van der Waals surface area contributed by atoms with Gasteiger partial charge in [0.25, 0.3) is 5.69 Å². The Hall–Kier alpha value is -2.44. The fourth-order valence-corrected chi connectivity index (χ4v) is 1.12. The van der Waals surface area contributed by atoms with Gasteiger partial charge in [0, 0.05) is 6.07 Å². The average molecular weight is 224 g/mol. The molecule has 7 nitrogen and oxygen atoms in total. The van der Waals surface area contributed by atoms with Crippen LogP contribution in [0.25, 0.3) is 0 Å². The lowest BCUT2D eigenvalue weighted by atomic mass is 10.1. The van der Waals surface area contributed by atoms with Crippen molar-refractivity contribution in [3.8, 4) is 0 Å². The molecule has 16 heavy (non-hydrogen) atoms. The van der Waals surface area contributed by atoms with Gasteiger partial charge in [-0.05, 0) is 12.1 Å². The Morgan fingerprint density at radius 2 is 2.31 bits per heavy atom. The minimum atomic E-state index is -0.677. The highest BCUT2D eigenvalue weighted by Crippen LogP contribution is 2.19. The quantitative estimate of drug-likeness (QED) is 0.273. The van der Waals surface area contributed by atoms with E-state index in [0.717, 1.165) is 12.3 Å². The molecule has 0 aliphatic carbocycles. The number of methoxy groups -OCH3 is 1. The normalized spacial score (nSPS) is 10.3. The van der Waals surface area contributed by atoms with Crippen LogP contribution in [-0.4, -0.2) is 29.4 Å². The second kappa shape index (κ2) is 4.87. The number of carbonyl (C=O) groups excluding carboxylic acids is 1. The Morgan fingerprint density at radius 1 is 1.62 bits per heavy atom. The zero-order valence-electron chi connectivity index (χ0n) is 8.28. The molecule has 0 saturated carbocycles. The van der Waals surface area contributed by atoms with Gasteiger partial charge in [0.15, 0.2) is 0 Å². The smallest absolute Gasteiger partial charge is 0.338 e. The summed E-state index contributed by atoms with van der Waals surface area (Å²) in [5.41, 5.74) is -0.176. The third-order valence-electron chi connectivity index (χ3n) is 1.85. The second-order valence-electron chi connectivity index (χ2n) is 2.77. The highest BCUT2D eigenvalue weighted by atomic mass is 16.6. The van der Waals surface area contributed by atoms with Crippen molar-refractivity contribution in [2.45, 2.75) is 0 Å². The molecule has 0 unspecified atom stereocenters. The average Bonchev–Trinajstić information content (AvgIpc) is 2.28. The standard InChI is InChI=1S/C9H8N2O5/c1-16-9(12)6-2-3-7(5-10-13)8(4-6)11(14)15/h2-5,13H,1H3/b10-5-. The number of benzene rings is 1. The molecule has 0 fully saturated rings. The number of nitro groups is 1. The van der Waals surface area contributed by atoms with Crippen molar-refractivity contribution < 1.29 is 19.7 Å². The van der Waals surface area contributed by atoms with E-state index < -0.39 is 10.9 Å². The van der Waals surface area contributed by atoms with E-state index in [4.69, 9.17) is 5.21 Å². The van der Waals surface area contributed by atoms with Crippen molar-refractivity contribution in [3.05, 3.63) is 39.4 Å². The lowest BCUT2D eigenvalue weighted by molar-refractivity contribution is -0.385. The summed E-state index contributed by atoms with van der Waals surface area (Å²) >= 11 is 0. The van der Waals surface area contributed by atoms with Crippen LogP contribution >= 0.6 is 0 Å². The third kappa shape index (κ3) is 2.32. The van der Waals surface area contributed by atoms with Gasteiger partial charge in [0.05, 0.1) is 29.4 Å². The fraction of sp³-hybridized carbons (Fsp3) is 0.111. The monoisotopic (exact) mass is 224 g/mol. The van der Waals surface area contributed by atoms with Gasteiger partial charge in [-0.15, -0.1) is 0 Å². The summed E-state index contributed by atoms with van der Waals surface area (Å²) in [5, 5.41) is 21.7. The number of nitro benzene ring substituents is 1. The Bertz CT molecular complexity index is 455. The molecule has 0 aromatic heterocycles. The van der Waals surface area contributed by atoms with Gasteiger partial charge in [-0.1, -0.05) is 5.16 Å². The predicted molar refractivity (Wildman–Crippen MR) is 53.8 cm³/mol. The van der Waals surface area contributed by atoms with Gasteiger partial charge >= 0.3 is 5.97 Å². The number of rotatable bonds is 3. The number of ether oxygens (including phenoxy) is 1. The second-order valence-corrected chi connectivity index (χ2v) is 2.77. The molecule has 1 aromatic rings. The van der Waals surface area contributed by atoms with E-state index in [2.05, 4.69) is 9.89 Å². The van der Waals surface area contributed by atoms with E-state index in [1.54, 1.807) is 0 Å². The van der Waals surface area contributed by atoms with E-state index in [1.807, 2.05) is 0 Å². The number of carbonyl (C=O) groups is 1. The number of hydrogen-bond acceptors (Lipinski definition) is 6. The molecular formula is C9H8N2O5. The molecule has 1 aromatic carbocycles. The van der Waals surface area contributed by atoms with Crippen molar-refractivity contribution in [2.75, 3.05) is 7.11 Å². The van der Waals surface area contributed by atoms with Crippen LogP contribution in [0.15, 0.2) is 23.4 Å². The topological polar surface area (TPSA) is 102 Å². The molecule has 0 aliphatic rings. The predicted octanol–water partition coefficient (Wildman–Crippen LogP) is 1.19. The maximum Gasteiger partial charge on any atom is 0.338 e. The van der Waals surface area contributed by atoms with E-state index >= 15 is 0 Å². The molecule has 0 aliphatic heterocycles. The summed E-state index contributed by atoms with van der Waals surface area (Å²) in [7, 11) is 1.18. The first-order valence-electron chi connectivity index (χ1n) is 4.14. The first-order chi connectivity index (χ1) is 7.60. The Morgan fingerprint density at radius 3 is 2.81 bits per heavy atom. The van der Waals surface area contributed by atoms with Gasteiger partial charge in [0.2, 0.25) is 0 Å². The zero-order chi connectivity index (χ0) is 12.1. The molecule has 1 rings (SSSR count). The first kappa shape index (κ1) is 11.6. The summed E-state index contributed by atoms with van der Waals surface area (Å²) in [6.07, 6.45) is 0.916. The van der Waals surface area contributed by atoms with Gasteiger partial charge in [0.1, 0.15) is 0 Å². The molecule has 0 saturated heterocycles.